The highest BCUT2D eigenvalue weighted by atomic mass is 35.5. The smallest absolute Gasteiger partial charge is 0.0646 e. The summed E-state index contributed by atoms with van der Waals surface area (Å²) >= 11 is 6.12. The number of ether oxygens (including phenoxy) is 1. The third kappa shape index (κ3) is 3.14. The molecule has 1 unspecified atom stereocenters. The van der Waals surface area contributed by atoms with Crippen LogP contribution in [-0.2, 0) is 4.74 Å². The Morgan fingerprint density at radius 3 is 2.88 bits per heavy atom. The molecule has 0 spiro atoms. The lowest BCUT2D eigenvalue weighted by molar-refractivity contribution is -0.0553. The van der Waals surface area contributed by atoms with Crippen molar-refractivity contribution in [2.45, 2.75) is 45.3 Å². The number of rotatable bonds is 2. The molecule has 0 bridgehead atoms. The van der Waals surface area contributed by atoms with Crippen molar-refractivity contribution in [3.63, 3.8) is 0 Å². The molecule has 3 heteroatoms. The summed E-state index contributed by atoms with van der Waals surface area (Å²) < 4.78 is 5.72. The summed E-state index contributed by atoms with van der Waals surface area (Å²) in [5.41, 5.74) is 2.24. The van der Waals surface area contributed by atoms with Gasteiger partial charge in [0.05, 0.1) is 5.60 Å². The minimum Gasteiger partial charge on any atom is -0.382 e. The number of benzene rings is 1. The molecule has 1 saturated heterocycles. The van der Waals surface area contributed by atoms with Crippen LogP contribution in [-0.4, -0.2) is 18.2 Å². The fourth-order valence-corrected chi connectivity index (χ4v) is 2.51. The van der Waals surface area contributed by atoms with Gasteiger partial charge in [0.2, 0.25) is 0 Å². The Labute approximate surface area is 108 Å². The van der Waals surface area contributed by atoms with E-state index in [9.17, 15) is 0 Å². The summed E-state index contributed by atoms with van der Waals surface area (Å²) in [6, 6.07) is 6.47. The van der Waals surface area contributed by atoms with Gasteiger partial charge in [-0.15, -0.1) is 0 Å². The van der Waals surface area contributed by atoms with Gasteiger partial charge in [-0.05, 0) is 51.3 Å². The van der Waals surface area contributed by atoms with Crippen molar-refractivity contribution in [1.29, 1.82) is 0 Å². The van der Waals surface area contributed by atoms with E-state index in [0.29, 0.717) is 6.04 Å². The highest BCUT2D eigenvalue weighted by molar-refractivity contribution is 6.31. The van der Waals surface area contributed by atoms with Crippen LogP contribution in [0.15, 0.2) is 18.2 Å². The normalized spacial score (nSPS) is 23.4. The van der Waals surface area contributed by atoms with Gasteiger partial charge in [0.15, 0.2) is 0 Å². The van der Waals surface area contributed by atoms with Crippen molar-refractivity contribution >= 4 is 17.3 Å². The monoisotopic (exact) mass is 253 g/mol. The first-order chi connectivity index (χ1) is 7.98. The minimum atomic E-state index is -0.0254. The summed E-state index contributed by atoms with van der Waals surface area (Å²) in [6.45, 7) is 7.16. The molecule has 1 aromatic carbocycles. The Bertz CT molecular complexity index is 403. The van der Waals surface area contributed by atoms with Gasteiger partial charge in [-0.25, -0.2) is 0 Å². The zero-order chi connectivity index (χ0) is 12.5. The number of anilines is 1. The van der Waals surface area contributed by atoms with Crippen LogP contribution in [0.5, 0.6) is 0 Å². The molecular formula is C14H20ClNO. The van der Waals surface area contributed by atoms with Gasteiger partial charge < -0.3 is 10.1 Å². The minimum absolute atomic E-state index is 0.0254. The molecular weight excluding hydrogens is 234 g/mol. The molecule has 1 N–H and O–H groups in total. The number of hydrogen-bond acceptors (Lipinski definition) is 2. The highest BCUT2D eigenvalue weighted by Gasteiger charge is 2.28. The molecule has 1 aromatic rings. The first-order valence-corrected chi connectivity index (χ1v) is 6.51. The van der Waals surface area contributed by atoms with Crippen LogP contribution in [0.4, 0.5) is 5.69 Å². The molecule has 94 valence electrons. The van der Waals surface area contributed by atoms with Gasteiger partial charge in [0.1, 0.15) is 0 Å². The summed E-state index contributed by atoms with van der Waals surface area (Å²) in [6.07, 6.45) is 2.08. The van der Waals surface area contributed by atoms with E-state index in [1.54, 1.807) is 0 Å². The maximum atomic E-state index is 6.12. The second-order valence-electron chi connectivity index (χ2n) is 5.35. The second-order valence-corrected chi connectivity index (χ2v) is 5.76. The van der Waals surface area contributed by atoms with Crippen LogP contribution >= 0.6 is 11.6 Å². The quantitative estimate of drug-likeness (QED) is 0.860. The van der Waals surface area contributed by atoms with Crippen LogP contribution in [0, 0.1) is 6.92 Å². The van der Waals surface area contributed by atoms with Gasteiger partial charge in [0.25, 0.3) is 0 Å². The fraction of sp³-hybridized carbons (Fsp3) is 0.571. The lowest BCUT2D eigenvalue weighted by Gasteiger charge is -2.36. The van der Waals surface area contributed by atoms with Crippen molar-refractivity contribution in [3.05, 3.63) is 28.8 Å². The summed E-state index contributed by atoms with van der Waals surface area (Å²) in [5.74, 6) is 0. The molecule has 0 aromatic heterocycles. The number of nitrogens with one attached hydrogen (secondary N) is 1. The van der Waals surface area contributed by atoms with Crippen molar-refractivity contribution < 1.29 is 4.74 Å². The van der Waals surface area contributed by atoms with Crippen LogP contribution < -0.4 is 5.32 Å². The van der Waals surface area contributed by atoms with E-state index >= 15 is 0 Å². The second kappa shape index (κ2) is 4.87. The third-order valence-corrected chi connectivity index (χ3v) is 3.73. The molecule has 2 rings (SSSR count). The fourth-order valence-electron chi connectivity index (χ4n) is 2.34. The molecule has 0 saturated carbocycles. The largest absolute Gasteiger partial charge is 0.382 e. The van der Waals surface area contributed by atoms with E-state index in [2.05, 4.69) is 32.2 Å². The van der Waals surface area contributed by atoms with Crippen LogP contribution in [0.2, 0.25) is 5.02 Å². The molecule has 1 atom stereocenters. The first kappa shape index (κ1) is 12.7. The predicted octanol–water partition coefficient (Wildman–Crippen LogP) is 4.02. The van der Waals surface area contributed by atoms with E-state index in [1.165, 1.54) is 0 Å². The number of halogens is 1. The van der Waals surface area contributed by atoms with Gasteiger partial charge in [-0.3, -0.25) is 0 Å². The van der Waals surface area contributed by atoms with Gasteiger partial charge in [-0.2, -0.15) is 0 Å². The van der Waals surface area contributed by atoms with Crippen LogP contribution in [0.25, 0.3) is 0 Å². The average molecular weight is 254 g/mol. The maximum Gasteiger partial charge on any atom is 0.0646 e. The SMILES string of the molecule is Cc1c(Cl)cccc1NC1CCOC(C)(C)C1. The molecule has 0 aliphatic carbocycles. The van der Waals surface area contributed by atoms with Crippen molar-refractivity contribution in [2.24, 2.45) is 0 Å². The van der Waals surface area contributed by atoms with Crippen molar-refractivity contribution in [3.8, 4) is 0 Å². The van der Waals surface area contributed by atoms with Crippen LogP contribution in [0.3, 0.4) is 0 Å². The summed E-state index contributed by atoms with van der Waals surface area (Å²) in [7, 11) is 0. The molecule has 17 heavy (non-hydrogen) atoms. The Kier molecular flexibility index (Phi) is 3.64. The highest BCUT2D eigenvalue weighted by Crippen LogP contribution is 2.29. The van der Waals surface area contributed by atoms with Crippen LogP contribution in [0.1, 0.15) is 32.3 Å². The zero-order valence-electron chi connectivity index (χ0n) is 10.7. The van der Waals surface area contributed by atoms with E-state index in [4.69, 9.17) is 16.3 Å². The molecule has 0 amide bonds. The summed E-state index contributed by atoms with van der Waals surface area (Å²) in [5, 5.41) is 4.40. The summed E-state index contributed by atoms with van der Waals surface area (Å²) in [4.78, 5) is 0. The predicted molar refractivity (Wildman–Crippen MR) is 72.9 cm³/mol. The topological polar surface area (TPSA) is 21.3 Å². The van der Waals surface area contributed by atoms with Crippen molar-refractivity contribution in [1.82, 2.24) is 0 Å². The zero-order valence-corrected chi connectivity index (χ0v) is 11.5. The lowest BCUT2D eigenvalue weighted by Crippen LogP contribution is -2.40. The first-order valence-electron chi connectivity index (χ1n) is 6.13. The Morgan fingerprint density at radius 1 is 1.41 bits per heavy atom. The molecule has 0 radical (unpaired) electrons. The molecule has 1 aliphatic rings. The maximum absolute atomic E-state index is 6.12. The number of hydrogen-bond donors (Lipinski definition) is 1. The van der Waals surface area contributed by atoms with E-state index < -0.39 is 0 Å². The molecule has 1 heterocycles. The Hall–Kier alpha value is -0.730. The average Bonchev–Trinajstić information content (AvgIpc) is 2.23. The van der Waals surface area contributed by atoms with E-state index in [0.717, 1.165) is 35.7 Å². The standard InChI is InChI=1S/C14H20ClNO/c1-10-12(15)5-4-6-13(10)16-11-7-8-17-14(2,3)9-11/h4-6,11,16H,7-9H2,1-3H3. The van der Waals surface area contributed by atoms with Gasteiger partial charge in [-0.1, -0.05) is 17.7 Å². The van der Waals surface area contributed by atoms with E-state index in [1.807, 2.05) is 12.1 Å². The third-order valence-electron chi connectivity index (χ3n) is 3.32. The lowest BCUT2D eigenvalue weighted by atomic mass is 9.93. The molecule has 2 nitrogen and oxygen atoms in total. The molecule has 1 fully saturated rings. The van der Waals surface area contributed by atoms with Gasteiger partial charge >= 0.3 is 0 Å². The molecule has 1 aliphatic heterocycles. The Morgan fingerprint density at radius 2 is 2.18 bits per heavy atom. The van der Waals surface area contributed by atoms with Gasteiger partial charge in [0, 0.05) is 23.4 Å². The van der Waals surface area contributed by atoms with Crippen molar-refractivity contribution in [2.75, 3.05) is 11.9 Å². The Balaban J connectivity index is 2.08. The van der Waals surface area contributed by atoms with E-state index in [-0.39, 0.29) is 5.60 Å².